The number of rotatable bonds is 2. The van der Waals surface area contributed by atoms with Crippen molar-refractivity contribution in [1.29, 1.82) is 0 Å². The molecule has 2 heterocycles. The molecule has 0 saturated carbocycles. The molecule has 3 N–H and O–H groups in total. The number of hydrogen-bond acceptors (Lipinski definition) is 6. The molecule has 1 aliphatic carbocycles. The Bertz CT molecular complexity index is 1020. The molecule has 2 aromatic heterocycles. The predicted octanol–water partition coefficient (Wildman–Crippen LogP) is 2.84. The van der Waals surface area contributed by atoms with Crippen molar-refractivity contribution in [1.82, 2.24) is 14.6 Å². The second kappa shape index (κ2) is 5.97. The maximum Gasteiger partial charge on any atom is 0.267 e. The Morgan fingerprint density at radius 3 is 2.37 bits per heavy atom. The largest absolute Gasteiger partial charge is 0.381 e. The molecule has 3 rings (SSSR count). The molecule has 9 heteroatoms. The number of imidazole rings is 1. The van der Waals surface area contributed by atoms with Gasteiger partial charge in [0.05, 0.1) is 11.9 Å². The number of aliphatic hydroxyl groups is 1. The third-order valence-corrected chi connectivity index (χ3v) is 7.11. The molecular weight excluding hydrogens is 384 g/mol. The number of allylic oxidation sites excluding steroid dienone is 2. The van der Waals surface area contributed by atoms with Gasteiger partial charge in [0.2, 0.25) is 9.30 Å². The fourth-order valence-electron chi connectivity index (χ4n) is 3.33. The first-order valence-corrected chi connectivity index (χ1v) is 11.0. The molecule has 0 fully saturated rings. The van der Waals surface area contributed by atoms with Crippen LogP contribution in [-0.4, -0.2) is 33.7 Å². The summed E-state index contributed by atoms with van der Waals surface area (Å²) in [7, 11) is -3.84. The molecule has 2 unspecified atom stereocenters. The van der Waals surface area contributed by atoms with Crippen molar-refractivity contribution in [2.45, 2.75) is 57.4 Å². The SMILES string of the molecule is CC(C)(C)C1=CC(c2cn3nc(S(N)(=O)=O)sc3n2)C=CC1(O)C(C)(C)C. The minimum atomic E-state index is -3.84. The lowest BCUT2D eigenvalue weighted by Gasteiger charge is -2.47. The van der Waals surface area contributed by atoms with Crippen LogP contribution < -0.4 is 5.14 Å². The summed E-state index contributed by atoms with van der Waals surface area (Å²) in [5.41, 5.74) is 0.0147. The van der Waals surface area contributed by atoms with Crippen molar-refractivity contribution < 1.29 is 13.5 Å². The third-order valence-electron chi connectivity index (χ3n) is 4.88. The Balaban J connectivity index is 2.06. The molecule has 0 aliphatic heterocycles. The van der Waals surface area contributed by atoms with Crippen LogP contribution in [0.5, 0.6) is 0 Å². The van der Waals surface area contributed by atoms with E-state index in [0.29, 0.717) is 4.96 Å². The summed E-state index contributed by atoms with van der Waals surface area (Å²) in [4.78, 5) is 4.98. The lowest BCUT2D eigenvalue weighted by atomic mass is 9.62. The monoisotopic (exact) mass is 410 g/mol. The Labute approximate surface area is 163 Å². The summed E-state index contributed by atoms with van der Waals surface area (Å²) >= 11 is 0.933. The van der Waals surface area contributed by atoms with Gasteiger partial charge in [0.15, 0.2) is 0 Å². The highest BCUT2D eigenvalue weighted by atomic mass is 32.2. The van der Waals surface area contributed by atoms with Crippen molar-refractivity contribution in [2.75, 3.05) is 0 Å². The molecule has 0 saturated heterocycles. The fraction of sp³-hybridized carbons (Fsp3) is 0.556. The van der Waals surface area contributed by atoms with E-state index in [1.165, 1.54) is 4.52 Å². The molecular formula is C18H26N4O3S2. The number of nitrogens with zero attached hydrogens (tertiary/aromatic N) is 3. The van der Waals surface area contributed by atoms with Crippen LogP contribution in [-0.2, 0) is 10.0 Å². The standard InChI is InChI=1S/C18H26N4O3S2/c1-16(2,3)13-9-11(7-8-18(13,23)17(4,5)6)12-10-22-14(20-12)26-15(21-22)27(19,24)25/h7-11,23H,1-6H3,(H2,19,24,25). The number of nitrogens with two attached hydrogens (primary N) is 1. The fourth-order valence-corrected chi connectivity index (χ4v) is 4.84. The maximum atomic E-state index is 11.4. The van der Waals surface area contributed by atoms with Crippen molar-refractivity contribution in [2.24, 2.45) is 16.0 Å². The highest BCUT2D eigenvalue weighted by Crippen LogP contribution is 2.48. The Hall–Kier alpha value is -1.55. The van der Waals surface area contributed by atoms with Gasteiger partial charge in [-0.15, -0.1) is 5.10 Å². The first kappa shape index (κ1) is 20.2. The number of aromatic nitrogens is 3. The zero-order valence-corrected chi connectivity index (χ0v) is 18.0. The third kappa shape index (κ3) is 3.49. The number of fused-ring (bicyclic) bond motifs is 1. The van der Waals surface area contributed by atoms with E-state index in [9.17, 15) is 13.5 Å². The predicted molar refractivity (Wildman–Crippen MR) is 106 cm³/mol. The van der Waals surface area contributed by atoms with Crippen LogP contribution in [0, 0.1) is 10.8 Å². The molecule has 0 amide bonds. The normalized spacial score (nSPS) is 24.4. The molecule has 2 aromatic rings. The summed E-state index contributed by atoms with van der Waals surface area (Å²) in [5.74, 6) is -0.131. The zero-order valence-electron chi connectivity index (χ0n) is 16.4. The topological polar surface area (TPSA) is 111 Å². The number of primary sulfonamides is 1. The Morgan fingerprint density at radius 2 is 1.89 bits per heavy atom. The zero-order chi connectivity index (χ0) is 20.4. The summed E-state index contributed by atoms with van der Waals surface area (Å²) in [6, 6.07) is 0. The summed E-state index contributed by atoms with van der Waals surface area (Å²) < 4.78 is 24.2. The van der Waals surface area contributed by atoms with Gasteiger partial charge in [0.1, 0.15) is 5.60 Å². The van der Waals surface area contributed by atoms with Gasteiger partial charge in [-0.05, 0) is 16.4 Å². The maximum absolute atomic E-state index is 11.4. The highest BCUT2D eigenvalue weighted by Gasteiger charge is 2.46. The molecule has 0 aromatic carbocycles. The quantitative estimate of drug-likeness (QED) is 0.740. The molecule has 1 aliphatic rings. The van der Waals surface area contributed by atoms with Crippen LogP contribution in [0.3, 0.4) is 0 Å². The van der Waals surface area contributed by atoms with Gasteiger partial charge in [0.25, 0.3) is 10.0 Å². The average Bonchev–Trinajstić information content (AvgIpc) is 3.03. The minimum Gasteiger partial charge on any atom is -0.381 e. The van der Waals surface area contributed by atoms with Gasteiger partial charge in [0, 0.05) is 5.92 Å². The van der Waals surface area contributed by atoms with Crippen LogP contribution in [0.2, 0.25) is 0 Å². The summed E-state index contributed by atoms with van der Waals surface area (Å²) in [6.07, 6.45) is 7.55. The second-order valence-corrected chi connectivity index (χ2v) is 11.7. The lowest BCUT2D eigenvalue weighted by molar-refractivity contribution is 0.00323. The van der Waals surface area contributed by atoms with Gasteiger partial charge in [-0.25, -0.2) is 23.1 Å². The van der Waals surface area contributed by atoms with E-state index in [4.69, 9.17) is 5.14 Å². The van der Waals surface area contributed by atoms with Crippen molar-refractivity contribution in [3.63, 3.8) is 0 Å². The first-order valence-electron chi connectivity index (χ1n) is 8.66. The van der Waals surface area contributed by atoms with Crippen molar-refractivity contribution >= 4 is 26.3 Å². The highest BCUT2D eigenvalue weighted by molar-refractivity contribution is 7.91. The first-order chi connectivity index (χ1) is 12.1. The van der Waals surface area contributed by atoms with Gasteiger partial charge in [-0.1, -0.05) is 71.1 Å². The molecule has 2 atom stereocenters. The Kier molecular flexibility index (Phi) is 4.47. The van der Waals surface area contributed by atoms with Crippen molar-refractivity contribution in [3.8, 4) is 0 Å². The smallest absolute Gasteiger partial charge is 0.267 e. The van der Waals surface area contributed by atoms with Crippen LogP contribution in [0.15, 0.2) is 34.3 Å². The van der Waals surface area contributed by atoms with Crippen LogP contribution in [0.25, 0.3) is 4.96 Å². The molecule has 27 heavy (non-hydrogen) atoms. The Morgan fingerprint density at radius 1 is 1.26 bits per heavy atom. The van der Waals surface area contributed by atoms with Crippen LogP contribution >= 0.6 is 11.3 Å². The molecule has 0 radical (unpaired) electrons. The minimum absolute atomic E-state index is 0.131. The van der Waals surface area contributed by atoms with Gasteiger partial charge >= 0.3 is 0 Å². The van der Waals surface area contributed by atoms with E-state index in [0.717, 1.165) is 22.6 Å². The lowest BCUT2D eigenvalue weighted by Crippen LogP contribution is -2.47. The van der Waals surface area contributed by atoms with E-state index in [2.05, 4.69) is 36.9 Å². The number of sulfonamides is 1. The molecule has 7 nitrogen and oxygen atoms in total. The van der Waals surface area contributed by atoms with Crippen molar-refractivity contribution in [3.05, 3.63) is 35.7 Å². The summed E-state index contributed by atoms with van der Waals surface area (Å²) in [6.45, 7) is 12.3. The van der Waals surface area contributed by atoms with Gasteiger partial charge in [-0.3, -0.25) is 0 Å². The molecule has 0 spiro atoms. The summed E-state index contributed by atoms with van der Waals surface area (Å²) in [5, 5.41) is 20.6. The van der Waals surface area contributed by atoms with E-state index in [-0.39, 0.29) is 21.1 Å². The van der Waals surface area contributed by atoms with Crippen LogP contribution in [0.4, 0.5) is 0 Å². The van der Waals surface area contributed by atoms with Gasteiger partial charge in [-0.2, -0.15) is 0 Å². The van der Waals surface area contributed by atoms with E-state index in [1.54, 1.807) is 6.20 Å². The van der Waals surface area contributed by atoms with E-state index in [1.807, 2.05) is 32.9 Å². The van der Waals surface area contributed by atoms with Gasteiger partial charge < -0.3 is 5.11 Å². The molecule has 148 valence electrons. The number of hydrogen-bond donors (Lipinski definition) is 2. The second-order valence-electron chi connectivity index (χ2n) is 9.04. The molecule has 0 bridgehead atoms. The average molecular weight is 411 g/mol. The van der Waals surface area contributed by atoms with E-state index >= 15 is 0 Å². The van der Waals surface area contributed by atoms with Crippen LogP contribution in [0.1, 0.15) is 53.2 Å². The van der Waals surface area contributed by atoms with E-state index < -0.39 is 15.6 Å².